The lowest BCUT2D eigenvalue weighted by Gasteiger charge is -2.28. The summed E-state index contributed by atoms with van der Waals surface area (Å²) in [5, 5.41) is 0.388. The maximum Gasteiger partial charge on any atom is 0.140 e. The number of unbranched alkanes of at least 4 members (excludes halogenated alkanes) is 1. The van der Waals surface area contributed by atoms with Gasteiger partial charge in [-0.2, -0.15) is 0 Å². The quantitative estimate of drug-likeness (QED) is 0.247. The van der Waals surface area contributed by atoms with E-state index in [4.69, 9.17) is 11.6 Å². The van der Waals surface area contributed by atoms with Crippen molar-refractivity contribution in [2.75, 3.05) is 0 Å². The average molecular weight is 409 g/mol. The largest absolute Gasteiger partial charge is 0.206 e. The SMILES string of the molecule is C=CCCCC1CCC(CCc2ccc(C#Cc3ccc(Cl)cc3F)cc2)CC1. The van der Waals surface area contributed by atoms with Gasteiger partial charge in [-0.3, -0.25) is 0 Å². The van der Waals surface area contributed by atoms with E-state index >= 15 is 0 Å². The molecule has 0 atom stereocenters. The van der Waals surface area contributed by atoms with Crippen molar-refractivity contribution in [1.82, 2.24) is 0 Å². The van der Waals surface area contributed by atoms with E-state index < -0.39 is 0 Å². The second kappa shape index (κ2) is 11.2. The third-order valence-electron chi connectivity index (χ3n) is 6.05. The molecule has 1 saturated carbocycles. The van der Waals surface area contributed by atoms with E-state index in [-0.39, 0.29) is 5.82 Å². The lowest BCUT2D eigenvalue weighted by Crippen LogP contribution is -2.15. The van der Waals surface area contributed by atoms with E-state index in [1.54, 1.807) is 12.1 Å². The summed E-state index contributed by atoms with van der Waals surface area (Å²) >= 11 is 5.78. The molecule has 152 valence electrons. The highest BCUT2D eigenvalue weighted by atomic mass is 35.5. The molecular formula is C27H30ClF. The minimum atomic E-state index is -0.378. The van der Waals surface area contributed by atoms with E-state index in [1.807, 2.05) is 18.2 Å². The second-order valence-corrected chi connectivity index (χ2v) is 8.65. The van der Waals surface area contributed by atoms with Crippen molar-refractivity contribution in [3.63, 3.8) is 0 Å². The van der Waals surface area contributed by atoms with E-state index in [9.17, 15) is 4.39 Å². The number of halogens is 2. The molecule has 0 aliphatic heterocycles. The van der Waals surface area contributed by atoms with Crippen LogP contribution in [0.4, 0.5) is 4.39 Å². The zero-order valence-electron chi connectivity index (χ0n) is 17.1. The fourth-order valence-electron chi connectivity index (χ4n) is 4.22. The van der Waals surface area contributed by atoms with Gasteiger partial charge in [-0.1, -0.05) is 73.8 Å². The van der Waals surface area contributed by atoms with Crippen LogP contribution in [0, 0.1) is 29.5 Å². The smallest absolute Gasteiger partial charge is 0.140 e. The standard InChI is InChI=1S/C27H30ClF/c1-2-3-4-5-21-6-8-22(9-7-21)10-11-23-12-14-24(15-13-23)16-17-25-18-19-26(28)20-27(25)29/h2,12-15,18-22H,1,3-11H2. The predicted molar refractivity (Wildman–Crippen MR) is 122 cm³/mol. The molecule has 2 aromatic rings. The van der Waals surface area contributed by atoms with Gasteiger partial charge in [-0.05, 0) is 73.4 Å². The summed E-state index contributed by atoms with van der Waals surface area (Å²) in [6.45, 7) is 3.82. The molecule has 0 unspecified atom stereocenters. The van der Waals surface area contributed by atoms with Gasteiger partial charge in [-0.25, -0.2) is 4.39 Å². The molecule has 1 aliphatic carbocycles. The van der Waals surface area contributed by atoms with Crippen LogP contribution >= 0.6 is 11.6 Å². The first-order chi connectivity index (χ1) is 14.1. The molecule has 0 spiro atoms. The third kappa shape index (κ3) is 7.06. The average Bonchev–Trinajstić information content (AvgIpc) is 2.73. The van der Waals surface area contributed by atoms with Crippen molar-refractivity contribution < 1.29 is 4.39 Å². The van der Waals surface area contributed by atoms with Crippen LogP contribution in [-0.4, -0.2) is 0 Å². The molecular weight excluding hydrogens is 379 g/mol. The maximum atomic E-state index is 13.8. The molecule has 0 aromatic heterocycles. The zero-order valence-corrected chi connectivity index (χ0v) is 17.9. The van der Waals surface area contributed by atoms with Crippen molar-refractivity contribution in [2.24, 2.45) is 11.8 Å². The lowest BCUT2D eigenvalue weighted by molar-refractivity contribution is 0.251. The van der Waals surface area contributed by atoms with Gasteiger partial charge in [0.1, 0.15) is 5.82 Å². The first-order valence-electron chi connectivity index (χ1n) is 10.8. The van der Waals surface area contributed by atoms with Crippen LogP contribution in [0.1, 0.15) is 68.1 Å². The van der Waals surface area contributed by atoms with Crippen LogP contribution < -0.4 is 0 Å². The van der Waals surface area contributed by atoms with Crippen molar-refractivity contribution in [2.45, 2.75) is 57.8 Å². The summed E-state index contributed by atoms with van der Waals surface area (Å²) in [6, 6.07) is 13.0. The van der Waals surface area contributed by atoms with E-state index in [0.29, 0.717) is 10.6 Å². The molecule has 29 heavy (non-hydrogen) atoms. The van der Waals surface area contributed by atoms with Crippen LogP contribution in [0.15, 0.2) is 55.1 Å². The van der Waals surface area contributed by atoms with Crippen LogP contribution in [0.25, 0.3) is 0 Å². The first-order valence-corrected chi connectivity index (χ1v) is 11.2. The highest BCUT2D eigenvalue weighted by molar-refractivity contribution is 6.30. The maximum absolute atomic E-state index is 13.8. The Morgan fingerprint density at radius 2 is 1.66 bits per heavy atom. The van der Waals surface area contributed by atoms with Crippen LogP contribution in [0.5, 0.6) is 0 Å². The first kappa shape index (κ1) is 21.7. The lowest BCUT2D eigenvalue weighted by atomic mass is 9.78. The van der Waals surface area contributed by atoms with Crippen molar-refractivity contribution >= 4 is 11.6 Å². The van der Waals surface area contributed by atoms with Crippen molar-refractivity contribution in [3.05, 3.63) is 82.6 Å². The van der Waals surface area contributed by atoms with Crippen LogP contribution in [-0.2, 0) is 6.42 Å². The summed E-state index contributed by atoms with van der Waals surface area (Å²) in [4.78, 5) is 0. The molecule has 0 saturated heterocycles. The summed E-state index contributed by atoms with van der Waals surface area (Å²) in [5.41, 5.74) is 2.64. The minimum absolute atomic E-state index is 0.374. The molecule has 3 rings (SSSR count). The summed E-state index contributed by atoms with van der Waals surface area (Å²) in [6.07, 6.45) is 13.9. The summed E-state index contributed by atoms with van der Waals surface area (Å²) in [5.74, 6) is 7.37. The monoisotopic (exact) mass is 408 g/mol. The molecule has 0 N–H and O–H groups in total. The Morgan fingerprint density at radius 1 is 0.966 bits per heavy atom. The van der Waals surface area contributed by atoms with Gasteiger partial charge in [0.05, 0.1) is 5.56 Å². The Kier molecular flexibility index (Phi) is 8.38. The van der Waals surface area contributed by atoms with E-state index in [1.165, 1.54) is 56.6 Å². The van der Waals surface area contributed by atoms with Gasteiger partial charge in [0.2, 0.25) is 0 Å². The Hall–Kier alpha value is -2.04. The minimum Gasteiger partial charge on any atom is -0.206 e. The van der Waals surface area contributed by atoms with Gasteiger partial charge in [0.15, 0.2) is 0 Å². The Balaban J connectivity index is 1.44. The Morgan fingerprint density at radius 3 is 2.31 bits per heavy atom. The van der Waals surface area contributed by atoms with Crippen LogP contribution in [0.2, 0.25) is 5.02 Å². The highest BCUT2D eigenvalue weighted by Gasteiger charge is 2.20. The number of hydrogen-bond donors (Lipinski definition) is 0. The Bertz CT molecular complexity index is 848. The summed E-state index contributed by atoms with van der Waals surface area (Å²) < 4.78 is 13.8. The van der Waals surface area contributed by atoms with E-state index in [2.05, 4.69) is 30.6 Å². The Labute approximate surface area is 180 Å². The van der Waals surface area contributed by atoms with Gasteiger partial charge >= 0.3 is 0 Å². The number of hydrogen-bond acceptors (Lipinski definition) is 0. The zero-order chi connectivity index (χ0) is 20.5. The van der Waals surface area contributed by atoms with E-state index in [0.717, 1.165) is 30.2 Å². The molecule has 0 heterocycles. The topological polar surface area (TPSA) is 0 Å². The molecule has 0 radical (unpaired) electrons. The fourth-order valence-corrected chi connectivity index (χ4v) is 4.37. The third-order valence-corrected chi connectivity index (χ3v) is 6.29. The molecule has 2 heteroatoms. The number of rotatable bonds is 7. The highest BCUT2D eigenvalue weighted by Crippen LogP contribution is 2.34. The predicted octanol–water partition coefficient (Wildman–Crippen LogP) is 7.97. The fraction of sp³-hybridized carbons (Fsp3) is 0.407. The van der Waals surface area contributed by atoms with Gasteiger partial charge in [-0.15, -0.1) is 6.58 Å². The normalized spacial score (nSPS) is 18.7. The molecule has 0 bridgehead atoms. The van der Waals surface area contributed by atoms with Crippen molar-refractivity contribution in [3.8, 4) is 11.8 Å². The van der Waals surface area contributed by atoms with Crippen molar-refractivity contribution in [1.29, 1.82) is 0 Å². The molecule has 0 amide bonds. The van der Waals surface area contributed by atoms with Crippen LogP contribution in [0.3, 0.4) is 0 Å². The van der Waals surface area contributed by atoms with Gasteiger partial charge < -0.3 is 0 Å². The molecule has 1 fully saturated rings. The van der Waals surface area contributed by atoms with Gasteiger partial charge in [0, 0.05) is 10.6 Å². The molecule has 1 aliphatic rings. The number of aryl methyl sites for hydroxylation is 1. The number of benzene rings is 2. The molecule has 2 aromatic carbocycles. The van der Waals surface area contributed by atoms with Gasteiger partial charge in [0.25, 0.3) is 0 Å². The number of allylic oxidation sites excluding steroid dienone is 1. The second-order valence-electron chi connectivity index (χ2n) is 8.22. The molecule has 0 nitrogen and oxygen atoms in total. The summed E-state index contributed by atoms with van der Waals surface area (Å²) in [7, 11) is 0.